The van der Waals surface area contributed by atoms with Crippen molar-refractivity contribution in [2.45, 2.75) is 26.2 Å². The molecule has 2 heterocycles. The van der Waals surface area contributed by atoms with E-state index in [1.807, 2.05) is 42.5 Å². The first-order valence-corrected chi connectivity index (χ1v) is 7.48. The summed E-state index contributed by atoms with van der Waals surface area (Å²) in [7, 11) is 0. The van der Waals surface area contributed by atoms with Crippen molar-refractivity contribution in [1.29, 1.82) is 0 Å². The third-order valence-electron chi connectivity index (χ3n) is 3.59. The monoisotopic (exact) mass is 306 g/mol. The Hall–Kier alpha value is -2.75. The lowest BCUT2D eigenvalue weighted by Crippen LogP contribution is -2.11. The van der Waals surface area contributed by atoms with E-state index in [1.165, 1.54) is 5.56 Å². The van der Waals surface area contributed by atoms with Gasteiger partial charge in [-0.25, -0.2) is 9.79 Å². The maximum atomic E-state index is 12.0. The van der Waals surface area contributed by atoms with Crippen molar-refractivity contribution in [3.8, 4) is 0 Å². The summed E-state index contributed by atoms with van der Waals surface area (Å²) in [6.07, 6.45) is 3.29. The molecule has 3 rings (SSSR count). The van der Waals surface area contributed by atoms with Crippen molar-refractivity contribution in [2.75, 3.05) is 0 Å². The number of aliphatic imine (C=N–C) groups is 1. The number of hydrogen-bond acceptors (Lipinski definition) is 4. The minimum atomic E-state index is -0.453. The molecule has 0 bridgehead atoms. The number of benzene rings is 1. The molecule has 1 aliphatic heterocycles. The normalized spacial score (nSPS) is 16.4. The van der Waals surface area contributed by atoms with E-state index in [9.17, 15) is 4.79 Å². The Bertz CT molecular complexity index is 782. The predicted molar refractivity (Wildman–Crippen MR) is 90.0 cm³/mol. The molecule has 23 heavy (non-hydrogen) atoms. The minimum absolute atomic E-state index is 0.0801. The van der Waals surface area contributed by atoms with E-state index in [2.05, 4.69) is 30.7 Å². The highest BCUT2D eigenvalue weighted by Gasteiger charge is 2.24. The van der Waals surface area contributed by atoms with Crippen LogP contribution < -0.4 is 0 Å². The molecule has 0 unspecified atom stereocenters. The summed E-state index contributed by atoms with van der Waals surface area (Å²) in [5, 5.41) is 0. The van der Waals surface area contributed by atoms with Crippen LogP contribution in [0.3, 0.4) is 0 Å². The second-order valence-corrected chi connectivity index (χ2v) is 6.42. The average Bonchev–Trinajstić information content (AvgIpc) is 2.89. The van der Waals surface area contributed by atoms with E-state index in [1.54, 1.807) is 12.3 Å². The Morgan fingerprint density at radius 2 is 1.78 bits per heavy atom. The molecule has 1 aromatic carbocycles. The molecule has 1 aromatic heterocycles. The van der Waals surface area contributed by atoms with Gasteiger partial charge in [-0.05, 0) is 41.3 Å². The van der Waals surface area contributed by atoms with E-state index in [0.717, 1.165) is 5.56 Å². The van der Waals surface area contributed by atoms with Gasteiger partial charge in [0.25, 0.3) is 0 Å². The average molecular weight is 306 g/mol. The van der Waals surface area contributed by atoms with Gasteiger partial charge >= 0.3 is 5.97 Å². The standard InChI is InChI=1S/C19H18N2O2/c1-19(2,3)14-9-7-13(8-10-14)17-21-16(18(22)23-17)12-15-6-4-5-11-20-15/h4-12H,1-3H3/b16-12+. The van der Waals surface area contributed by atoms with Crippen molar-refractivity contribution in [2.24, 2.45) is 4.99 Å². The number of pyridine rings is 1. The number of carbonyl (C=O) groups is 1. The number of hydrogen-bond donors (Lipinski definition) is 0. The summed E-state index contributed by atoms with van der Waals surface area (Å²) in [6.45, 7) is 6.47. The highest BCUT2D eigenvalue weighted by Crippen LogP contribution is 2.24. The number of aromatic nitrogens is 1. The maximum absolute atomic E-state index is 12.0. The molecule has 4 nitrogen and oxygen atoms in total. The third-order valence-corrected chi connectivity index (χ3v) is 3.59. The van der Waals surface area contributed by atoms with Crippen LogP contribution in [-0.2, 0) is 14.9 Å². The van der Waals surface area contributed by atoms with Gasteiger partial charge in [-0.2, -0.15) is 0 Å². The molecule has 1 aliphatic rings. The molecule has 0 saturated carbocycles. The van der Waals surface area contributed by atoms with Crippen LogP contribution >= 0.6 is 0 Å². The summed E-state index contributed by atoms with van der Waals surface area (Å²) in [5.41, 5.74) is 3.02. The largest absolute Gasteiger partial charge is 0.402 e. The fraction of sp³-hybridized carbons (Fsp3) is 0.211. The molecule has 0 fully saturated rings. The zero-order valence-corrected chi connectivity index (χ0v) is 13.4. The fourth-order valence-electron chi connectivity index (χ4n) is 2.25. The quantitative estimate of drug-likeness (QED) is 0.627. The van der Waals surface area contributed by atoms with Gasteiger partial charge in [0.2, 0.25) is 5.90 Å². The molecular formula is C19H18N2O2. The van der Waals surface area contributed by atoms with Crippen LogP contribution in [0, 0.1) is 0 Å². The Labute approximate surface area is 135 Å². The highest BCUT2D eigenvalue weighted by atomic mass is 16.6. The number of esters is 1. The third kappa shape index (κ3) is 3.37. The summed E-state index contributed by atoms with van der Waals surface area (Å²) in [4.78, 5) is 20.4. The van der Waals surface area contributed by atoms with Gasteiger partial charge < -0.3 is 4.74 Å². The number of rotatable bonds is 2. The molecule has 0 aliphatic carbocycles. The zero-order chi connectivity index (χ0) is 16.4. The van der Waals surface area contributed by atoms with Gasteiger partial charge in [0.1, 0.15) is 0 Å². The van der Waals surface area contributed by atoms with Gasteiger partial charge in [-0.15, -0.1) is 0 Å². The highest BCUT2D eigenvalue weighted by molar-refractivity contribution is 6.12. The lowest BCUT2D eigenvalue weighted by Gasteiger charge is -2.18. The van der Waals surface area contributed by atoms with Crippen molar-refractivity contribution in [3.05, 3.63) is 71.2 Å². The van der Waals surface area contributed by atoms with Crippen LogP contribution in [-0.4, -0.2) is 16.9 Å². The Kier molecular flexibility index (Phi) is 3.82. The molecule has 116 valence electrons. The van der Waals surface area contributed by atoms with E-state index in [-0.39, 0.29) is 11.1 Å². The summed E-state index contributed by atoms with van der Waals surface area (Å²) >= 11 is 0. The molecule has 2 aromatic rings. The first-order valence-electron chi connectivity index (χ1n) is 7.48. The van der Waals surface area contributed by atoms with Crippen molar-refractivity contribution >= 4 is 17.9 Å². The number of cyclic esters (lactones) is 1. The van der Waals surface area contributed by atoms with Crippen LogP contribution in [0.15, 0.2) is 59.4 Å². The summed E-state index contributed by atoms with van der Waals surface area (Å²) in [5.74, 6) is -0.122. The summed E-state index contributed by atoms with van der Waals surface area (Å²) < 4.78 is 5.27. The van der Waals surface area contributed by atoms with Crippen LogP contribution in [0.1, 0.15) is 37.6 Å². The first kappa shape index (κ1) is 15.2. The maximum Gasteiger partial charge on any atom is 0.363 e. The van der Waals surface area contributed by atoms with E-state index in [4.69, 9.17) is 4.74 Å². The van der Waals surface area contributed by atoms with E-state index < -0.39 is 5.97 Å². The Balaban J connectivity index is 1.88. The first-order chi connectivity index (χ1) is 10.9. The van der Waals surface area contributed by atoms with Crippen molar-refractivity contribution in [1.82, 2.24) is 4.98 Å². The molecule has 0 spiro atoms. The zero-order valence-electron chi connectivity index (χ0n) is 13.4. The SMILES string of the molecule is CC(C)(C)c1ccc(C2=N/C(=C/c3ccccn3)C(=O)O2)cc1. The summed E-state index contributed by atoms with van der Waals surface area (Å²) in [6, 6.07) is 13.4. The second kappa shape index (κ2) is 5.80. The molecule has 0 N–H and O–H groups in total. The lowest BCUT2D eigenvalue weighted by atomic mass is 9.87. The molecule has 0 saturated heterocycles. The molecule has 4 heteroatoms. The predicted octanol–water partition coefficient (Wildman–Crippen LogP) is 3.72. The number of nitrogens with zero attached hydrogens (tertiary/aromatic N) is 2. The molecule has 0 amide bonds. The topological polar surface area (TPSA) is 51.5 Å². The Morgan fingerprint density at radius 1 is 1.04 bits per heavy atom. The van der Waals surface area contributed by atoms with Gasteiger partial charge in [-0.3, -0.25) is 4.98 Å². The molecular weight excluding hydrogens is 288 g/mol. The molecule has 0 atom stereocenters. The van der Waals surface area contributed by atoms with E-state index >= 15 is 0 Å². The van der Waals surface area contributed by atoms with Crippen molar-refractivity contribution < 1.29 is 9.53 Å². The van der Waals surface area contributed by atoms with Gasteiger partial charge in [0.05, 0.1) is 5.69 Å². The van der Waals surface area contributed by atoms with Gasteiger partial charge in [0, 0.05) is 11.8 Å². The van der Waals surface area contributed by atoms with Gasteiger partial charge in [0.15, 0.2) is 5.70 Å². The minimum Gasteiger partial charge on any atom is -0.402 e. The fourth-order valence-corrected chi connectivity index (χ4v) is 2.25. The number of ether oxygens (including phenoxy) is 1. The van der Waals surface area contributed by atoms with Gasteiger partial charge in [-0.1, -0.05) is 39.0 Å². The van der Waals surface area contributed by atoms with Crippen molar-refractivity contribution in [3.63, 3.8) is 0 Å². The molecule has 0 radical (unpaired) electrons. The van der Waals surface area contributed by atoms with Crippen LogP contribution in [0.2, 0.25) is 0 Å². The smallest absolute Gasteiger partial charge is 0.363 e. The van der Waals surface area contributed by atoms with Crippen LogP contribution in [0.4, 0.5) is 0 Å². The Morgan fingerprint density at radius 3 is 2.39 bits per heavy atom. The number of carbonyl (C=O) groups excluding carboxylic acids is 1. The van der Waals surface area contributed by atoms with Crippen LogP contribution in [0.25, 0.3) is 6.08 Å². The van der Waals surface area contributed by atoms with Crippen LogP contribution in [0.5, 0.6) is 0 Å². The lowest BCUT2D eigenvalue weighted by molar-refractivity contribution is -0.129. The van der Waals surface area contributed by atoms with E-state index in [0.29, 0.717) is 11.6 Å². The second-order valence-electron chi connectivity index (χ2n) is 6.42.